The number of nitrogens with zero attached hydrogens (tertiary/aromatic N) is 4. The zero-order chi connectivity index (χ0) is 18.6. The summed E-state index contributed by atoms with van der Waals surface area (Å²) in [6.45, 7) is 1.27. The molecule has 0 amide bonds. The van der Waals surface area contributed by atoms with Crippen molar-refractivity contribution in [3.05, 3.63) is 50.1 Å². The number of aryl methyl sites for hydroxylation is 1. The Kier molecular flexibility index (Phi) is 3.88. The summed E-state index contributed by atoms with van der Waals surface area (Å²) in [5.74, 6) is 0.437. The van der Waals surface area contributed by atoms with E-state index in [-0.39, 0.29) is 11.7 Å². The Balaban J connectivity index is 1.82. The van der Waals surface area contributed by atoms with Crippen LogP contribution in [0.5, 0.6) is 0 Å². The molecule has 0 saturated carbocycles. The van der Waals surface area contributed by atoms with Crippen LogP contribution in [0.1, 0.15) is 11.8 Å². The third-order valence-electron chi connectivity index (χ3n) is 4.91. The van der Waals surface area contributed by atoms with Gasteiger partial charge in [0.1, 0.15) is 35.0 Å². The molecule has 2 bridgehead atoms. The molecule has 0 radical (unpaired) electrons. The van der Waals surface area contributed by atoms with Crippen LogP contribution in [0.15, 0.2) is 28.2 Å². The fraction of sp³-hybridized carbons (Fsp3) is 0.467. The molecular weight excluding hydrogens is 366 g/mol. The summed E-state index contributed by atoms with van der Waals surface area (Å²) in [7, 11) is 0. The molecule has 0 aromatic carbocycles. The van der Waals surface area contributed by atoms with Crippen LogP contribution in [0.3, 0.4) is 0 Å². The fourth-order valence-corrected chi connectivity index (χ4v) is 3.73. The van der Waals surface area contributed by atoms with Gasteiger partial charge in [0.15, 0.2) is 6.23 Å². The van der Waals surface area contributed by atoms with Crippen molar-refractivity contribution >= 4 is 17.4 Å². The van der Waals surface area contributed by atoms with E-state index in [0.29, 0.717) is 11.4 Å². The summed E-state index contributed by atoms with van der Waals surface area (Å²) in [6.07, 6.45) is 0.650. The van der Waals surface area contributed by atoms with Crippen molar-refractivity contribution in [1.82, 2.24) is 19.5 Å². The van der Waals surface area contributed by atoms with Crippen molar-refractivity contribution in [3.8, 4) is 0 Å². The number of fused-ring (bicyclic) bond motifs is 2. The highest BCUT2D eigenvalue weighted by molar-refractivity contribution is 6.29. The first kappa shape index (κ1) is 17.2. The number of hydrogen-bond donors (Lipinski definition) is 3. The summed E-state index contributed by atoms with van der Waals surface area (Å²) >= 11 is 5.93. The minimum Gasteiger partial charge on any atom is -0.393 e. The van der Waals surface area contributed by atoms with E-state index in [2.05, 4.69) is 15.0 Å². The Morgan fingerprint density at radius 2 is 2.23 bits per heavy atom. The molecule has 11 heteroatoms. The molecule has 2 fully saturated rings. The number of nitrogens with one attached hydrogen (secondary N) is 1. The van der Waals surface area contributed by atoms with E-state index in [1.54, 1.807) is 11.8 Å². The van der Waals surface area contributed by atoms with E-state index in [1.807, 2.05) is 0 Å². The number of aliphatic hydroxyl groups is 2. The molecule has 2 aliphatic rings. The van der Waals surface area contributed by atoms with Gasteiger partial charge in [0.25, 0.3) is 5.56 Å². The van der Waals surface area contributed by atoms with Crippen LogP contribution in [0.2, 0.25) is 5.15 Å². The molecular formula is C15H16ClN5O5. The van der Waals surface area contributed by atoms with Gasteiger partial charge in [-0.15, -0.1) is 0 Å². The van der Waals surface area contributed by atoms with Gasteiger partial charge in [-0.05, 0) is 6.92 Å². The minimum atomic E-state index is -1.28. The average molecular weight is 382 g/mol. The second-order valence-electron chi connectivity index (χ2n) is 6.47. The van der Waals surface area contributed by atoms with Gasteiger partial charge in [-0.1, -0.05) is 11.6 Å². The lowest BCUT2D eigenvalue weighted by Crippen LogP contribution is -2.50. The highest BCUT2D eigenvalue weighted by Gasteiger charge is 2.64. The Morgan fingerprint density at radius 1 is 1.46 bits per heavy atom. The second kappa shape index (κ2) is 5.88. The number of aromatic amines is 1. The molecule has 2 aliphatic heterocycles. The van der Waals surface area contributed by atoms with Crippen LogP contribution in [-0.4, -0.2) is 60.6 Å². The SMILES string of the molecule is Cc1cn([C@@H]2O[C@@]3(CO)CN(c4cc(Cl)ncn4)[C@@H]2[C@@H]3O)c(=O)[nH]c1=O. The topological polar surface area (TPSA) is 134 Å². The maximum atomic E-state index is 12.3. The average Bonchev–Trinajstić information content (AvgIpc) is 3.06. The number of anilines is 1. The number of halogens is 1. The molecule has 26 heavy (non-hydrogen) atoms. The lowest BCUT2D eigenvalue weighted by molar-refractivity contribution is -0.127. The number of H-pyrrole nitrogens is 1. The Labute approximate surface area is 151 Å². The maximum absolute atomic E-state index is 12.3. The number of rotatable bonds is 3. The van der Waals surface area contributed by atoms with Crippen molar-refractivity contribution in [3.63, 3.8) is 0 Å². The summed E-state index contributed by atoms with van der Waals surface area (Å²) in [4.78, 5) is 35.8. The number of aliphatic hydroxyl groups excluding tert-OH is 2. The molecule has 0 spiro atoms. The van der Waals surface area contributed by atoms with E-state index >= 15 is 0 Å². The maximum Gasteiger partial charge on any atom is 0.330 e. The smallest absolute Gasteiger partial charge is 0.330 e. The quantitative estimate of drug-likeness (QED) is 0.564. The summed E-state index contributed by atoms with van der Waals surface area (Å²) in [5.41, 5.74) is -2.12. The number of morpholine rings is 1. The van der Waals surface area contributed by atoms with Crippen molar-refractivity contribution < 1.29 is 14.9 Å². The first-order valence-corrected chi connectivity index (χ1v) is 8.27. The summed E-state index contributed by atoms with van der Waals surface area (Å²) < 4.78 is 7.08. The van der Waals surface area contributed by atoms with Crippen molar-refractivity contribution in [2.75, 3.05) is 18.1 Å². The Morgan fingerprint density at radius 3 is 2.88 bits per heavy atom. The Hall–Kier alpha value is -2.27. The van der Waals surface area contributed by atoms with Crippen LogP contribution < -0.4 is 16.1 Å². The fourth-order valence-electron chi connectivity index (χ4n) is 3.59. The predicted molar refractivity (Wildman–Crippen MR) is 90.2 cm³/mol. The van der Waals surface area contributed by atoms with Gasteiger partial charge in [-0.2, -0.15) is 0 Å². The van der Waals surface area contributed by atoms with Crippen molar-refractivity contribution in [2.24, 2.45) is 0 Å². The molecule has 3 N–H and O–H groups in total. The molecule has 4 heterocycles. The molecule has 10 nitrogen and oxygen atoms in total. The zero-order valence-electron chi connectivity index (χ0n) is 13.7. The number of hydrogen-bond acceptors (Lipinski definition) is 8. The summed E-state index contributed by atoms with van der Waals surface area (Å²) in [6, 6.07) is 0.814. The van der Waals surface area contributed by atoms with E-state index in [1.165, 1.54) is 23.2 Å². The van der Waals surface area contributed by atoms with Gasteiger partial charge in [-0.3, -0.25) is 14.3 Å². The van der Waals surface area contributed by atoms with E-state index in [9.17, 15) is 19.8 Å². The highest BCUT2D eigenvalue weighted by Crippen LogP contribution is 2.47. The minimum absolute atomic E-state index is 0.163. The first-order valence-electron chi connectivity index (χ1n) is 7.89. The second-order valence-corrected chi connectivity index (χ2v) is 6.86. The van der Waals surface area contributed by atoms with Gasteiger partial charge in [-0.25, -0.2) is 14.8 Å². The van der Waals surface area contributed by atoms with Crippen LogP contribution in [0.4, 0.5) is 5.82 Å². The monoisotopic (exact) mass is 381 g/mol. The normalized spacial score (nSPS) is 30.2. The molecule has 138 valence electrons. The first-order chi connectivity index (χ1) is 12.4. The lowest BCUT2D eigenvalue weighted by Gasteiger charge is -2.37. The van der Waals surface area contributed by atoms with Crippen LogP contribution in [0, 0.1) is 6.92 Å². The van der Waals surface area contributed by atoms with Crippen molar-refractivity contribution in [1.29, 1.82) is 0 Å². The van der Waals surface area contributed by atoms with Crippen LogP contribution in [0.25, 0.3) is 0 Å². The molecule has 2 aromatic heterocycles. The highest BCUT2D eigenvalue weighted by atomic mass is 35.5. The van der Waals surface area contributed by atoms with E-state index < -0.39 is 41.8 Å². The molecule has 2 aromatic rings. The van der Waals surface area contributed by atoms with Crippen LogP contribution >= 0.6 is 11.6 Å². The lowest BCUT2D eigenvalue weighted by atomic mass is 10.0. The number of aromatic nitrogens is 4. The standard InChI is InChI=1S/C15H16ClN5O5/c1-7-3-20(14(25)19-12(7)24)13-10-11(23)15(5-22,26-13)4-21(10)9-2-8(16)17-6-18-9/h2-3,6,10-11,13,22-23H,4-5H2,1H3,(H,19,24,25)/t10-,11+,13-,15-/m1/s1. The van der Waals surface area contributed by atoms with Gasteiger partial charge in [0.2, 0.25) is 0 Å². The van der Waals surface area contributed by atoms with Crippen LogP contribution in [-0.2, 0) is 4.74 Å². The zero-order valence-corrected chi connectivity index (χ0v) is 14.4. The summed E-state index contributed by atoms with van der Waals surface area (Å²) in [5, 5.41) is 20.8. The van der Waals surface area contributed by atoms with Crippen molar-refractivity contribution in [2.45, 2.75) is 30.9 Å². The number of ether oxygens (including phenoxy) is 1. The van der Waals surface area contributed by atoms with Gasteiger partial charge in [0.05, 0.1) is 13.2 Å². The Bertz CT molecular complexity index is 977. The van der Waals surface area contributed by atoms with Gasteiger partial charge < -0.3 is 19.8 Å². The predicted octanol–water partition coefficient (Wildman–Crippen LogP) is -1.20. The van der Waals surface area contributed by atoms with E-state index in [4.69, 9.17) is 16.3 Å². The van der Waals surface area contributed by atoms with Gasteiger partial charge >= 0.3 is 5.69 Å². The third kappa shape index (κ3) is 2.37. The van der Waals surface area contributed by atoms with E-state index in [0.717, 1.165) is 0 Å². The molecule has 4 rings (SSSR count). The molecule has 0 unspecified atom stereocenters. The molecule has 2 saturated heterocycles. The molecule has 0 aliphatic carbocycles. The van der Waals surface area contributed by atoms with Gasteiger partial charge in [0, 0.05) is 17.8 Å². The molecule has 4 atom stereocenters. The third-order valence-corrected chi connectivity index (χ3v) is 5.12. The largest absolute Gasteiger partial charge is 0.393 e.